The number of hydrogen-bond donors (Lipinski definition) is 0. The number of allylic oxidation sites excluding steroid dienone is 1. The second-order valence-corrected chi connectivity index (χ2v) is 3.12. The number of aldehydes is 1. The standard InChI is InChI=1S/C11H10O3/c1-8(6-12)4-9-2-3-10-11(5-9)14-7-13-10/h2-6H,7H2,1H3/b8-4-. The highest BCUT2D eigenvalue weighted by Gasteiger charge is 2.12. The van der Waals surface area contributed by atoms with Gasteiger partial charge in [-0.2, -0.15) is 0 Å². The molecule has 0 aromatic heterocycles. The molecule has 14 heavy (non-hydrogen) atoms. The molecule has 0 amide bonds. The summed E-state index contributed by atoms with van der Waals surface area (Å²) in [6.07, 6.45) is 2.62. The van der Waals surface area contributed by atoms with Gasteiger partial charge in [-0.05, 0) is 36.3 Å². The summed E-state index contributed by atoms with van der Waals surface area (Å²) in [7, 11) is 0. The van der Waals surface area contributed by atoms with Crippen LogP contribution in [0.1, 0.15) is 12.5 Å². The molecule has 3 heteroatoms. The van der Waals surface area contributed by atoms with Crippen LogP contribution in [0.15, 0.2) is 23.8 Å². The van der Waals surface area contributed by atoms with Crippen LogP contribution in [0.4, 0.5) is 0 Å². The van der Waals surface area contributed by atoms with E-state index in [0.717, 1.165) is 23.3 Å². The van der Waals surface area contributed by atoms with E-state index >= 15 is 0 Å². The second kappa shape index (κ2) is 3.54. The Balaban J connectivity index is 2.33. The zero-order valence-corrected chi connectivity index (χ0v) is 7.82. The molecule has 0 atom stereocenters. The summed E-state index contributed by atoms with van der Waals surface area (Å²) in [4.78, 5) is 10.4. The molecule has 72 valence electrons. The maximum absolute atomic E-state index is 10.4. The molecule has 0 aliphatic carbocycles. The maximum Gasteiger partial charge on any atom is 0.231 e. The minimum atomic E-state index is 0.273. The van der Waals surface area contributed by atoms with E-state index in [9.17, 15) is 4.79 Å². The Kier molecular flexibility index (Phi) is 2.23. The quantitative estimate of drug-likeness (QED) is 0.528. The number of fused-ring (bicyclic) bond motifs is 1. The smallest absolute Gasteiger partial charge is 0.231 e. The molecular formula is C11H10O3. The van der Waals surface area contributed by atoms with Crippen molar-refractivity contribution in [1.29, 1.82) is 0 Å². The van der Waals surface area contributed by atoms with Crippen LogP contribution in [0.2, 0.25) is 0 Å². The van der Waals surface area contributed by atoms with E-state index in [4.69, 9.17) is 9.47 Å². The third kappa shape index (κ3) is 1.62. The van der Waals surface area contributed by atoms with E-state index in [1.54, 1.807) is 13.0 Å². The molecule has 1 heterocycles. The highest BCUT2D eigenvalue weighted by atomic mass is 16.7. The molecule has 2 rings (SSSR count). The zero-order chi connectivity index (χ0) is 9.97. The van der Waals surface area contributed by atoms with Crippen molar-refractivity contribution < 1.29 is 14.3 Å². The monoisotopic (exact) mass is 190 g/mol. The first-order valence-corrected chi connectivity index (χ1v) is 4.33. The molecule has 0 saturated carbocycles. The number of rotatable bonds is 2. The van der Waals surface area contributed by atoms with E-state index < -0.39 is 0 Å². The van der Waals surface area contributed by atoms with Crippen molar-refractivity contribution in [2.75, 3.05) is 6.79 Å². The van der Waals surface area contributed by atoms with Crippen LogP contribution in [0.5, 0.6) is 11.5 Å². The van der Waals surface area contributed by atoms with E-state index in [-0.39, 0.29) is 6.79 Å². The summed E-state index contributed by atoms with van der Waals surface area (Å²) in [6, 6.07) is 5.59. The van der Waals surface area contributed by atoms with E-state index in [0.29, 0.717) is 5.57 Å². The molecule has 0 unspecified atom stereocenters. The average Bonchev–Trinajstić information content (AvgIpc) is 2.64. The van der Waals surface area contributed by atoms with Crippen molar-refractivity contribution in [2.24, 2.45) is 0 Å². The van der Waals surface area contributed by atoms with Crippen molar-refractivity contribution >= 4 is 12.4 Å². The van der Waals surface area contributed by atoms with Gasteiger partial charge in [-0.1, -0.05) is 6.07 Å². The topological polar surface area (TPSA) is 35.5 Å². The van der Waals surface area contributed by atoms with Gasteiger partial charge >= 0.3 is 0 Å². The Morgan fingerprint density at radius 1 is 1.36 bits per heavy atom. The third-order valence-electron chi connectivity index (χ3n) is 1.98. The molecule has 0 bridgehead atoms. The van der Waals surface area contributed by atoms with Crippen LogP contribution >= 0.6 is 0 Å². The van der Waals surface area contributed by atoms with Crippen LogP contribution in [0.25, 0.3) is 6.08 Å². The van der Waals surface area contributed by atoms with Crippen molar-refractivity contribution in [1.82, 2.24) is 0 Å². The number of carbonyl (C=O) groups excluding carboxylic acids is 1. The molecule has 0 spiro atoms. The fourth-order valence-corrected chi connectivity index (χ4v) is 1.30. The highest BCUT2D eigenvalue weighted by Crippen LogP contribution is 2.32. The van der Waals surface area contributed by atoms with Crippen LogP contribution in [0.3, 0.4) is 0 Å². The van der Waals surface area contributed by atoms with Gasteiger partial charge in [-0.25, -0.2) is 0 Å². The number of carbonyl (C=O) groups is 1. The Morgan fingerprint density at radius 2 is 2.14 bits per heavy atom. The van der Waals surface area contributed by atoms with Gasteiger partial charge in [0.1, 0.15) is 6.29 Å². The fourth-order valence-electron chi connectivity index (χ4n) is 1.30. The molecule has 0 radical (unpaired) electrons. The number of benzene rings is 1. The summed E-state index contributed by atoms with van der Waals surface area (Å²) in [5.74, 6) is 1.49. The van der Waals surface area contributed by atoms with Crippen molar-refractivity contribution in [3.8, 4) is 11.5 Å². The Labute approximate surface area is 81.9 Å². The Bertz CT molecular complexity index is 394. The first-order valence-electron chi connectivity index (χ1n) is 4.33. The SMILES string of the molecule is C/C(C=O)=C/c1ccc2c(c1)OCO2. The Morgan fingerprint density at radius 3 is 2.93 bits per heavy atom. The predicted octanol–water partition coefficient (Wildman–Crippen LogP) is 2.02. The Hall–Kier alpha value is -1.77. The molecule has 0 fully saturated rings. The lowest BCUT2D eigenvalue weighted by Crippen LogP contribution is -1.92. The lowest BCUT2D eigenvalue weighted by atomic mass is 10.1. The van der Waals surface area contributed by atoms with Crippen molar-refractivity contribution in [2.45, 2.75) is 6.92 Å². The molecule has 1 aliphatic heterocycles. The second-order valence-electron chi connectivity index (χ2n) is 3.12. The van der Waals surface area contributed by atoms with Gasteiger partial charge in [-0.3, -0.25) is 4.79 Å². The molecule has 1 aromatic rings. The number of hydrogen-bond acceptors (Lipinski definition) is 3. The zero-order valence-electron chi connectivity index (χ0n) is 7.82. The molecule has 3 nitrogen and oxygen atoms in total. The molecule has 1 aromatic carbocycles. The molecule has 0 N–H and O–H groups in total. The van der Waals surface area contributed by atoms with Crippen LogP contribution in [-0.4, -0.2) is 13.1 Å². The van der Waals surface area contributed by atoms with E-state index in [1.165, 1.54) is 0 Å². The van der Waals surface area contributed by atoms with Gasteiger partial charge in [-0.15, -0.1) is 0 Å². The van der Waals surface area contributed by atoms with Gasteiger partial charge in [0, 0.05) is 0 Å². The summed E-state index contributed by atoms with van der Waals surface area (Å²) in [6.45, 7) is 2.03. The van der Waals surface area contributed by atoms with Gasteiger partial charge < -0.3 is 9.47 Å². The first kappa shape index (κ1) is 8.81. The maximum atomic E-state index is 10.4. The summed E-state index contributed by atoms with van der Waals surface area (Å²) in [5, 5.41) is 0. The van der Waals surface area contributed by atoms with Crippen LogP contribution in [-0.2, 0) is 4.79 Å². The number of ether oxygens (including phenoxy) is 2. The minimum absolute atomic E-state index is 0.273. The largest absolute Gasteiger partial charge is 0.454 e. The van der Waals surface area contributed by atoms with Crippen LogP contribution < -0.4 is 9.47 Å². The summed E-state index contributed by atoms with van der Waals surface area (Å²) >= 11 is 0. The normalized spacial score (nSPS) is 14.2. The minimum Gasteiger partial charge on any atom is -0.454 e. The van der Waals surface area contributed by atoms with Crippen molar-refractivity contribution in [3.63, 3.8) is 0 Å². The molecule has 0 saturated heterocycles. The average molecular weight is 190 g/mol. The highest BCUT2D eigenvalue weighted by molar-refractivity contribution is 5.81. The van der Waals surface area contributed by atoms with Crippen molar-refractivity contribution in [3.05, 3.63) is 29.3 Å². The summed E-state index contributed by atoms with van der Waals surface area (Å²) < 4.78 is 10.4. The van der Waals surface area contributed by atoms with Gasteiger partial charge in [0.05, 0.1) is 0 Å². The van der Waals surface area contributed by atoms with Gasteiger partial charge in [0.2, 0.25) is 6.79 Å². The van der Waals surface area contributed by atoms with Gasteiger partial charge in [0.25, 0.3) is 0 Å². The lowest BCUT2D eigenvalue weighted by molar-refractivity contribution is -0.104. The molecule has 1 aliphatic rings. The molecular weight excluding hydrogens is 180 g/mol. The van der Waals surface area contributed by atoms with E-state index in [2.05, 4.69) is 0 Å². The lowest BCUT2D eigenvalue weighted by Gasteiger charge is -1.97. The fraction of sp³-hybridized carbons (Fsp3) is 0.182. The first-order chi connectivity index (χ1) is 6.79. The predicted molar refractivity (Wildman–Crippen MR) is 52.3 cm³/mol. The van der Waals surface area contributed by atoms with Gasteiger partial charge in [0.15, 0.2) is 11.5 Å². The van der Waals surface area contributed by atoms with Crippen LogP contribution in [0, 0.1) is 0 Å². The third-order valence-corrected chi connectivity index (χ3v) is 1.98. The van der Waals surface area contributed by atoms with E-state index in [1.807, 2.05) is 18.2 Å². The summed E-state index contributed by atoms with van der Waals surface area (Å²) in [5.41, 5.74) is 1.63.